The summed E-state index contributed by atoms with van der Waals surface area (Å²) < 4.78 is 5.31. The number of pyridine rings is 1. The summed E-state index contributed by atoms with van der Waals surface area (Å²) in [4.78, 5) is 18.3. The third kappa shape index (κ3) is 3.91. The molecule has 0 aliphatic carbocycles. The van der Waals surface area contributed by atoms with Crippen LogP contribution in [0.5, 0.6) is 0 Å². The Balaban J connectivity index is 1.92. The van der Waals surface area contributed by atoms with Gasteiger partial charge in [0, 0.05) is 13.1 Å². The molecular weight excluding hydrogens is 256 g/mol. The van der Waals surface area contributed by atoms with Crippen LogP contribution in [0.25, 0.3) is 0 Å². The molecule has 1 amide bonds. The molecule has 1 fully saturated rings. The summed E-state index contributed by atoms with van der Waals surface area (Å²) in [5.41, 5.74) is 6.45. The number of aromatic nitrogens is 1. The molecule has 0 aromatic carbocycles. The second-order valence-corrected chi connectivity index (χ2v) is 4.89. The number of nitrogens with one attached hydrogen (secondary N) is 1. The van der Waals surface area contributed by atoms with Crippen LogP contribution in [0.4, 0.5) is 11.5 Å². The molecule has 1 aliphatic heterocycles. The van der Waals surface area contributed by atoms with Crippen LogP contribution in [-0.2, 0) is 9.53 Å². The van der Waals surface area contributed by atoms with E-state index in [1.54, 1.807) is 6.20 Å². The summed E-state index contributed by atoms with van der Waals surface area (Å²) in [5, 5.41) is 2.79. The molecule has 0 saturated carbocycles. The van der Waals surface area contributed by atoms with Gasteiger partial charge in [-0.25, -0.2) is 4.98 Å². The lowest BCUT2D eigenvalue weighted by Gasteiger charge is -2.27. The van der Waals surface area contributed by atoms with Gasteiger partial charge in [-0.3, -0.25) is 4.79 Å². The fourth-order valence-corrected chi connectivity index (χ4v) is 2.12. The maximum atomic E-state index is 11.8. The zero-order valence-corrected chi connectivity index (χ0v) is 11.8. The number of morpholine rings is 1. The van der Waals surface area contributed by atoms with Gasteiger partial charge >= 0.3 is 0 Å². The Bertz CT molecular complexity index is 429. The second kappa shape index (κ2) is 7.21. The largest absolute Gasteiger partial charge is 0.378 e. The SMILES string of the molecule is CCC[C@H](N)C(=O)Nc1ccc(N2CCOCC2)nc1. The summed E-state index contributed by atoms with van der Waals surface area (Å²) in [6, 6.07) is 3.31. The van der Waals surface area contributed by atoms with Crippen LogP contribution >= 0.6 is 0 Å². The molecule has 1 aromatic rings. The number of carbonyl (C=O) groups excluding carboxylic acids is 1. The number of amides is 1. The van der Waals surface area contributed by atoms with Gasteiger partial charge in [0.25, 0.3) is 0 Å². The number of nitrogens with two attached hydrogens (primary N) is 1. The Kier molecular flexibility index (Phi) is 5.31. The van der Waals surface area contributed by atoms with Gasteiger partial charge in [-0.1, -0.05) is 13.3 Å². The molecule has 1 saturated heterocycles. The third-order valence-corrected chi connectivity index (χ3v) is 3.29. The molecule has 1 aliphatic rings. The van der Waals surface area contributed by atoms with E-state index in [1.807, 2.05) is 19.1 Å². The molecule has 6 heteroatoms. The molecule has 1 atom stereocenters. The topological polar surface area (TPSA) is 80.5 Å². The first-order valence-corrected chi connectivity index (χ1v) is 7.06. The Hall–Kier alpha value is -1.66. The van der Waals surface area contributed by atoms with Crippen molar-refractivity contribution in [2.24, 2.45) is 5.73 Å². The maximum absolute atomic E-state index is 11.8. The van der Waals surface area contributed by atoms with E-state index >= 15 is 0 Å². The van der Waals surface area contributed by atoms with Crippen molar-refractivity contribution in [3.05, 3.63) is 18.3 Å². The highest BCUT2D eigenvalue weighted by molar-refractivity contribution is 5.94. The van der Waals surface area contributed by atoms with Gasteiger partial charge in [-0.2, -0.15) is 0 Å². The fourth-order valence-electron chi connectivity index (χ4n) is 2.12. The number of hydrogen-bond acceptors (Lipinski definition) is 5. The first-order valence-electron chi connectivity index (χ1n) is 7.06. The van der Waals surface area contributed by atoms with Crippen LogP contribution in [0, 0.1) is 0 Å². The minimum atomic E-state index is -0.459. The number of carbonyl (C=O) groups is 1. The molecule has 3 N–H and O–H groups in total. The third-order valence-electron chi connectivity index (χ3n) is 3.29. The summed E-state index contributed by atoms with van der Waals surface area (Å²) in [5.74, 6) is 0.747. The lowest BCUT2D eigenvalue weighted by Crippen LogP contribution is -2.37. The molecule has 6 nitrogen and oxygen atoms in total. The minimum Gasteiger partial charge on any atom is -0.378 e. The van der Waals surface area contributed by atoms with Crippen LogP contribution in [-0.4, -0.2) is 43.2 Å². The quantitative estimate of drug-likeness (QED) is 0.839. The van der Waals surface area contributed by atoms with E-state index in [9.17, 15) is 4.79 Å². The summed E-state index contributed by atoms with van der Waals surface area (Å²) in [6.07, 6.45) is 3.25. The van der Waals surface area contributed by atoms with Crippen molar-refractivity contribution < 1.29 is 9.53 Å². The van der Waals surface area contributed by atoms with Crippen LogP contribution in [0.2, 0.25) is 0 Å². The van der Waals surface area contributed by atoms with E-state index < -0.39 is 6.04 Å². The molecular formula is C14H22N4O2. The van der Waals surface area contributed by atoms with Crippen molar-refractivity contribution in [3.63, 3.8) is 0 Å². The van der Waals surface area contributed by atoms with E-state index in [0.717, 1.165) is 38.5 Å². The van der Waals surface area contributed by atoms with Gasteiger partial charge in [0.1, 0.15) is 5.82 Å². The maximum Gasteiger partial charge on any atom is 0.241 e. The lowest BCUT2D eigenvalue weighted by atomic mass is 10.1. The molecule has 1 aromatic heterocycles. The average Bonchev–Trinajstić information content (AvgIpc) is 2.49. The molecule has 20 heavy (non-hydrogen) atoms. The molecule has 2 heterocycles. The van der Waals surface area contributed by atoms with Gasteiger partial charge in [-0.15, -0.1) is 0 Å². The standard InChI is InChI=1S/C14H22N4O2/c1-2-3-12(15)14(19)17-11-4-5-13(16-10-11)18-6-8-20-9-7-18/h4-5,10,12H,2-3,6-9,15H2,1H3,(H,17,19)/t12-/m0/s1. The van der Waals surface area contributed by atoms with Crippen molar-refractivity contribution >= 4 is 17.4 Å². The van der Waals surface area contributed by atoms with E-state index in [2.05, 4.69) is 15.2 Å². The van der Waals surface area contributed by atoms with Crippen molar-refractivity contribution in [1.29, 1.82) is 0 Å². The van der Waals surface area contributed by atoms with Crippen LogP contribution < -0.4 is 16.0 Å². The Morgan fingerprint density at radius 3 is 2.85 bits per heavy atom. The van der Waals surface area contributed by atoms with Gasteiger partial charge in [0.05, 0.1) is 31.1 Å². The molecule has 0 spiro atoms. The van der Waals surface area contributed by atoms with Crippen molar-refractivity contribution in [1.82, 2.24) is 4.98 Å². The monoisotopic (exact) mass is 278 g/mol. The normalized spacial score (nSPS) is 16.8. The van der Waals surface area contributed by atoms with Crippen molar-refractivity contribution in [3.8, 4) is 0 Å². The number of ether oxygens (including phenoxy) is 1. The van der Waals surface area contributed by atoms with Crippen molar-refractivity contribution in [2.45, 2.75) is 25.8 Å². The fraction of sp³-hybridized carbons (Fsp3) is 0.571. The lowest BCUT2D eigenvalue weighted by molar-refractivity contribution is -0.117. The summed E-state index contributed by atoms with van der Waals surface area (Å²) >= 11 is 0. The van der Waals surface area contributed by atoms with Gasteiger partial charge < -0.3 is 20.7 Å². The highest BCUT2D eigenvalue weighted by Crippen LogP contribution is 2.15. The van der Waals surface area contributed by atoms with Gasteiger partial charge in [-0.05, 0) is 18.6 Å². The molecule has 0 bridgehead atoms. The van der Waals surface area contributed by atoms with E-state index in [1.165, 1.54) is 0 Å². The smallest absolute Gasteiger partial charge is 0.241 e. The van der Waals surface area contributed by atoms with Gasteiger partial charge in [0.15, 0.2) is 0 Å². The molecule has 110 valence electrons. The van der Waals surface area contributed by atoms with Crippen LogP contribution in [0.3, 0.4) is 0 Å². The van der Waals surface area contributed by atoms with Gasteiger partial charge in [0.2, 0.25) is 5.91 Å². The number of rotatable bonds is 5. The Morgan fingerprint density at radius 2 is 2.25 bits per heavy atom. The van der Waals surface area contributed by atoms with E-state index in [-0.39, 0.29) is 5.91 Å². The zero-order chi connectivity index (χ0) is 14.4. The predicted molar refractivity (Wildman–Crippen MR) is 78.8 cm³/mol. The first-order chi connectivity index (χ1) is 9.70. The average molecular weight is 278 g/mol. The highest BCUT2D eigenvalue weighted by atomic mass is 16.5. The predicted octanol–water partition coefficient (Wildman–Crippen LogP) is 0.984. The molecule has 2 rings (SSSR count). The minimum absolute atomic E-state index is 0.159. The van der Waals surface area contributed by atoms with E-state index in [0.29, 0.717) is 12.1 Å². The van der Waals surface area contributed by atoms with Crippen molar-refractivity contribution in [2.75, 3.05) is 36.5 Å². The Morgan fingerprint density at radius 1 is 1.50 bits per heavy atom. The van der Waals surface area contributed by atoms with E-state index in [4.69, 9.17) is 10.5 Å². The van der Waals surface area contributed by atoms with Crippen LogP contribution in [0.1, 0.15) is 19.8 Å². The molecule has 0 radical (unpaired) electrons. The summed E-state index contributed by atoms with van der Waals surface area (Å²) in [6.45, 7) is 5.16. The first kappa shape index (κ1) is 14.7. The zero-order valence-electron chi connectivity index (χ0n) is 11.8. The van der Waals surface area contributed by atoms with Crippen LogP contribution in [0.15, 0.2) is 18.3 Å². The number of anilines is 2. The second-order valence-electron chi connectivity index (χ2n) is 4.89. The number of nitrogens with zero attached hydrogens (tertiary/aromatic N) is 2. The number of hydrogen-bond donors (Lipinski definition) is 2. The highest BCUT2D eigenvalue weighted by Gasteiger charge is 2.14. The Labute approximate surface area is 119 Å². The summed E-state index contributed by atoms with van der Waals surface area (Å²) in [7, 11) is 0. The molecule has 0 unspecified atom stereocenters.